The van der Waals surface area contributed by atoms with E-state index in [1.807, 2.05) is 0 Å². The van der Waals surface area contributed by atoms with Crippen LogP contribution in [-0.4, -0.2) is 35.9 Å². The van der Waals surface area contributed by atoms with E-state index in [-0.39, 0.29) is 11.5 Å². The van der Waals surface area contributed by atoms with Crippen molar-refractivity contribution in [2.45, 2.75) is 71.4 Å². The smallest absolute Gasteiger partial charge is 0.195 e. The highest BCUT2D eigenvalue weighted by molar-refractivity contribution is 5.87. The third-order valence-electron chi connectivity index (χ3n) is 5.03. The van der Waals surface area contributed by atoms with Crippen LogP contribution in [0.5, 0.6) is 0 Å². The number of nitrogens with zero attached hydrogens (tertiary/aromatic N) is 1. The van der Waals surface area contributed by atoms with Crippen LogP contribution in [0, 0.1) is 5.41 Å². The maximum absolute atomic E-state index is 12.7. The van der Waals surface area contributed by atoms with Crippen LogP contribution in [0.1, 0.15) is 59.3 Å². The molecular formula is C15H28NO+. The van der Waals surface area contributed by atoms with E-state index in [2.05, 4.69) is 27.8 Å². The first-order valence-corrected chi connectivity index (χ1v) is 7.25. The lowest BCUT2D eigenvalue weighted by atomic mass is 9.77. The molecule has 2 heterocycles. The number of hydrogen-bond acceptors (Lipinski definition) is 1. The van der Waals surface area contributed by atoms with Crippen LogP contribution in [0.4, 0.5) is 0 Å². The van der Waals surface area contributed by atoms with Gasteiger partial charge in [-0.1, -0.05) is 20.8 Å². The molecule has 0 saturated carbocycles. The van der Waals surface area contributed by atoms with Gasteiger partial charge in [0.15, 0.2) is 5.78 Å². The van der Waals surface area contributed by atoms with Gasteiger partial charge in [0.25, 0.3) is 0 Å². The molecule has 2 saturated heterocycles. The summed E-state index contributed by atoms with van der Waals surface area (Å²) in [5, 5.41) is 0. The number of rotatable bonds is 1. The van der Waals surface area contributed by atoms with Crippen LogP contribution < -0.4 is 0 Å². The normalized spacial score (nSPS) is 38.6. The molecule has 2 rings (SSSR count). The lowest BCUT2D eigenvalue weighted by molar-refractivity contribution is -0.957. The van der Waals surface area contributed by atoms with E-state index in [0.29, 0.717) is 5.78 Å². The van der Waals surface area contributed by atoms with E-state index in [9.17, 15) is 4.79 Å². The van der Waals surface area contributed by atoms with Crippen LogP contribution >= 0.6 is 0 Å². The molecule has 0 aromatic rings. The lowest BCUT2D eigenvalue weighted by Gasteiger charge is -2.53. The Hall–Kier alpha value is -0.370. The Kier molecular flexibility index (Phi) is 3.37. The number of ketones is 1. The van der Waals surface area contributed by atoms with Gasteiger partial charge in [0, 0.05) is 11.8 Å². The Morgan fingerprint density at radius 3 is 2.35 bits per heavy atom. The van der Waals surface area contributed by atoms with Gasteiger partial charge < -0.3 is 4.48 Å². The van der Waals surface area contributed by atoms with Gasteiger partial charge in [0.1, 0.15) is 6.04 Å². The van der Waals surface area contributed by atoms with Gasteiger partial charge in [-0.05, 0) is 32.1 Å². The van der Waals surface area contributed by atoms with E-state index in [4.69, 9.17) is 0 Å². The number of likely N-dealkylation sites (N-methyl/N-ethyl adjacent to an activating group) is 1. The summed E-state index contributed by atoms with van der Waals surface area (Å²) in [5.41, 5.74) is -0.175. The van der Waals surface area contributed by atoms with Crippen molar-refractivity contribution in [3.63, 3.8) is 0 Å². The van der Waals surface area contributed by atoms with Gasteiger partial charge in [-0.25, -0.2) is 0 Å². The Morgan fingerprint density at radius 1 is 1.06 bits per heavy atom. The minimum atomic E-state index is -0.175. The zero-order valence-electron chi connectivity index (χ0n) is 12.0. The van der Waals surface area contributed by atoms with Crippen molar-refractivity contribution in [3.8, 4) is 0 Å². The minimum absolute atomic E-state index is 0.175. The monoisotopic (exact) mass is 238 g/mol. The van der Waals surface area contributed by atoms with Crippen molar-refractivity contribution in [2.24, 2.45) is 5.41 Å². The Balaban J connectivity index is 2.23. The topological polar surface area (TPSA) is 17.1 Å². The van der Waals surface area contributed by atoms with Crippen molar-refractivity contribution in [1.82, 2.24) is 0 Å². The van der Waals surface area contributed by atoms with Gasteiger partial charge >= 0.3 is 0 Å². The fourth-order valence-electron chi connectivity index (χ4n) is 3.90. The van der Waals surface area contributed by atoms with Crippen LogP contribution in [0.3, 0.4) is 0 Å². The van der Waals surface area contributed by atoms with E-state index in [0.717, 1.165) is 16.9 Å². The molecule has 2 aliphatic rings. The number of fused-ring (bicyclic) bond motifs is 1. The average molecular weight is 238 g/mol. The van der Waals surface area contributed by atoms with E-state index in [1.165, 1.54) is 38.6 Å². The molecular weight excluding hydrogens is 210 g/mol. The van der Waals surface area contributed by atoms with E-state index < -0.39 is 0 Å². The number of piperidine rings is 2. The highest BCUT2D eigenvalue weighted by Crippen LogP contribution is 2.38. The molecule has 98 valence electrons. The molecule has 3 atom stereocenters. The lowest BCUT2D eigenvalue weighted by Crippen LogP contribution is -2.66. The summed E-state index contributed by atoms with van der Waals surface area (Å²) in [6, 6.07) is 1.03. The Morgan fingerprint density at radius 2 is 1.71 bits per heavy atom. The van der Waals surface area contributed by atoms with Gasteiger partial charge in [-0.3, -0.25) is 4.79 Å². The first kappa shape index (κ1) is 13.1. The quantitative estimate of drug-likeness (QED) is 0.641. The molecule has 2 aliphatic heterocycles. The summed E-state index contributed by atoms with van der Waals surface area (Å²) in [6.45, 7) is 7.45. The summed E-state index contributed by atoms with van der Waals surface area (Å²) in [7, 11) is 2.34. The molecule has 17 heavy (non-hydrogen) atoms. The number of Topliss-reactive ketones (excluding diaryl/α,β-unsaturated/α-hetero) is 1. The van der Waals surface area contributed by atoms with Gasteiger partial charge in [0.2, 0.25) is 0 Å². The van der Waals surface area contributed by atoms with Crippen molar-refractivity contribution in [3.05, 3.63) is 0 Å². The second-order valence-electron chi connectivity index (χ2n) is 7.28. The molecule has 0 spiro atoms. The predicted molar refractivity (Wildman–Crippen MR) is 70.8 cm³/mol. The molecule has 0 aromatic heterocycles. The van der Waals surface area contributed by atoms with Gasteiger partial charge in [-0.15, -0.1) is 0 Å². The summed E-state index contributed by atoms with van der Waals surface area (Å²) in [4.78, 5) is 12.7. The summed E-state index contributed by atoms with van der Waals surface area (Å²) >= 11 is 0. The second kappa shape index (κ2) is 4.38. The highest BCUT2D eigenvalue weighted by atomic mass is 16.1. The fraction of sp³-hybridized carbons (Fsp3) is 0.933. The summed E-state index contributed by atoms with van der Waals surface area (Å²) < 4.78 is 1.05. The zero-order valence-corrected chi connectivity index (χ0v) is 12.0. The third-order valence-corrected chi connectivity index (χ3v) is 5.03. The number of carbonyl (C=O) groups excluding carboxylic acids is 1. The van der Waals surface area contributed by atoms with Crippen molar-refractivity contribution >= 4 is 5.78 Å². The SMILES string of the molecule is CC(C)(C)C(=O)C1CCCC2CCCC[N+]21C. The molecule has 0 N–H and O–H groups in total. The van der Waals surface area contributed by atoms with E-state index in [1.54, 1.807) is 0 Å². The molecule has 0 amide bonds. The minimum Gasteiger partial charge on any atom is -0.315 e. The largest absolute Gasteiger partial charge is 0.315 e. The summed E-state index contributed by atoms with van der Waals surface area (Å²) in [5.74, 6) is 0.492. The van der Waals surface area contributed by atoms with Crippen molar-refractivity contribution < 1.29 is 9.28 Å². The summed E-state index contributed by atoms with van der Waals surface area (Å²) in [6.07, 6.45) is 7.72. The zero-order chi connectivity index (χ0) is 12.7. The molecule has 0 bridgehead atoms. The van der Waals surface area contributed by atoms with Crippen molar-refractivity contribution in [2.75, 3.05) is 13.6 Å². The molecule has 0 aromatic carbocycles. The third kappa shape index (κ3) is 2.29. The van der Waals surface area contributed by atoms with Gasteiger partial charge in [-0.2, -0.15) is 0 Å². The highest BCUT2D eigenvalue weighted by Gasteiger charge is 2.49. The number of quaternary nitrogens is 1. The Labute approximate surface area is 106 Å². The molecule has 2 fully saturated rings. The first-order chi connectivity index (χ1) is 7.86. The maximum atomic E-state index is 12.7. The van der Waals surface area contributed by atoms with Gasteiger partial charge in [0.05, 0.1) is 19.6 Å². The maximum Gasteiger partial charge on any atom is 0.195 e. The van der Waals surface area contributed by atoms with Crippen LogP contribution in [-0.2, 0) is 4.79 Å². The number of carbonyl (C=O) groups is 1. The van der Waals surface area contributed by atoms with Crippen LogP contribution in [0.2, 0.25) is 0 Å². The van der Waals surface area contributed by atoms with Crippen molar-refractivity contribution in [1.29, 1.82) is 0 Å². The van der Waals surface area contributed by atoms with E-state index >= 15 is 0 Å². The molecule has 3 unspecified atom stereocenters. The second-order valence-corrected chi connectivity index (χ2v) is 7.28. The molecule has 2 heteroatoms. The van der Waals surface area contributed by atoms with Crippen LogP contribution in [0.15, 0.2) is 0 Å². The average Bonchev–Trinajstić information content (AvgIpc) is 2.25. The molecule has 2 nitrogen and oxygen atoms in total. The van der Waals surface area contributed by atoms with Crippen LogP contribution in [0.25, 0.3) is 0 Å². The number of hydrogen-bond donors (Lipinski definition) is 0. The predicted octanol–water partition coefficient (Wildman–Crippen LogP) is 3.15. The Bertz CT molecular complexity index is 303. The first-order valence-electron chi connectivity index (χ1n) is 7.25. The molecule has 0 aliphatic carbocycles. The fourth-order valence-corrected chi connectivity index (χ4v) is 3.90. The standard InChI is InChI=1S/C15H28NO/c1-15(2,3)14(17)13-10-7-9-12-8-5-6-11-16(12,13)4/h12-13H,5-11H2,1-4H3/q+1. The molecule has 0 radical (unpaired) electrons.